The van der Waals surface area contributed by atoms with Crippen molar-refractivity contribution in [1.29, 1.82) is 0 Å². The van der Waals surface area contributed by atoms with Crippen molar-refractivity contribution in [3.05, 3.63) is 95.3 Å². The van der Waals surface area contributed by atoms with Crippen LogP contribution in [0, 0.1) is 13.8 Å². The molecule has 0 spiro atoms. The Labute approximate surface area is 169 Å². The number of nitrogens with zero attached hydrogens (tertiary/aromatic N) is 2. The van der Waals surface area contributed by atoms with Gasteiger partial charge in [0.1, 0.15) is 0 Å². The number of aromatic nitrogens is 2. The van der Waals surface area contributed by atoms with E-state index in [1.54, 1.807) is 6.07 Å². The fourth-order valence-corrected chi connectivity index (χ4v) is 3.41. The molecule has 5 heteroatoms. The average Bonchev–Trinajstić information content (AvgIpc) is 2.71. The quantitative estimate of drug-likeness (QED) is 0.514. The molecule has 4 aromatic rings. The molecule has 0 aliphatic rings. The molecule has 0 saturated carbocycles. The van der Waals surface area contributed by atoms with Gasteiger partial charge < -0.3 is 10.6 Å². The Balaban J connectivity index is 1.55. The minimum absolute atomic E-state index is 0.148. The molecule has 0 aliphatic heterocycles. The number of fused-ring (bicyclic) bond motifs is 1. The normalized spacial score (nSPS) is 10.7. The van der Waals surface area contributed by atoms with E-state index in [-0.39, 0.29) is 5.91 Å². The summed E-state index contributed by atoms with van der Waals surface area (Å²) in [5, 5.41) is 8.52. The van der Waals surface area contributed by atoms with Gasteiger partial charge in [-0.2, -0.15) is 0 Å². The van der Waals surface area contributed by atoms with Crippen molar-refractivity contribution < 1.29 is 4.79 Å². The molecule has 0 fully saturated rings. The molecule has 5 nitrogen and oxygen atoms in total. The topological polar surface area (TPSA) is 66.9 Å². The van der Waals surface area contributed by atoms with Crippen molar-refractivity contribution in [3.8, 4) is 0 Å². The fourth-order valence-electron chi connectivity index (χ4n) is 3.41. The molecule has 1 amide bonds. The van der Waals surface area contributed by atoms with Crippen molar-refractivity contribution in [2.24, 2.45) is 0 Å². The smallest absolute Gasteiger partial charge is 0.253 e. The van der Waals surface area contributed by atoms with Gasteiger partial charge in [-0.05, 0) is 48.4 Å². The van der Waals surface area contributed by atoms with Gasteiger partial charge in [0.25, 0.3) is 5.91 Å². The second-order valence-corrected chi connectivity index (χ2v) is 6.97. The number of anilines is 2. The van der Waals surface area contributed by atoms with Crippen molar-refractivity contribution in [3.63, 3.8) is 0 Å². The summed E-state index contributed by atoms with van der Waals surface area (Å²) in [6.45, 7) is 4.29. The highest BCUT2D eigenvalue weighted by Gasteiger charge is 2.12. The Hall–Kier alpha value is -3.73. The van der Waals surface area contributed by atoms with Crippen LogP contribution in [0.5, 0.6) is 0 Å². The number of hydrogen-bond acceptors (Lipinski definition) is 4. The van der Waals surface area contributed by atoms with Crippen LogP contribution in [-0.2, 0) is 6.54 Å². The number of aryl methyl sites for hydroxylation is 2. The van der Waals surface area contributed by atoms with Crippen molar-refractivity contribution in [2.45, 2.75) is 20.4 Å². The second-order valence-electron chi connectivity index (χ2n) is 6.97. The maximum Gasteiger partial charge on any atom is 0.253 e. The minimum atomic E-state index is -0.148. The van der Waals surface area contributed by atoms with Gasteiger partial charge in [0.15, 0.2) is 0 Å². The average molecular weight is 382 g/mol. The zero-order valence-electron chi connectivity index (χ0n) is 16.4. The highest BCUT2D eigenvalue weighted by molar-refractivity contribution is 6.00. The molecule has 4 rings (SSSR count). The molecule has 144 valence electrons. The van der Waals surface area contributed by atoms with E-state index in [2.05, 4.69) is 38.8 Å². The third-order valence-corrected chi connectivity index (χ3v) is 4.72. The van der Waals surface area contributed by atoms with Crippen LogP contribution >= 0.6 is 0 Å². The standard InChI is InChI=1S/C24H22N4O/c1-16-14-17(2)27-24(26-16)28-22-13-6-5-12-21(22)23(29)25-15-19-10-7-9-18-8-3-4-11-20(18)19/h3-14H,15H2,1-2H3,(H,25,29)(H,26,27,28). The van der Waals surface area contributed by atoms with E-state index in [4.69, 9.17) is 0 Å². The van der Waals surface area contributed by atoms with Crippen LogP contribution in [0.2, 0.25) is 0 Å². The van der Waals surface area contributed by atoms with Crippen LogP contribution in [0.4, 0.5) is 11.6 Å². The summed E-state index contributed by atoms with van der Waals surface area (Å²) in [6, 6.07) is 23.6. The van der Waals surface area contributed by atoms with E-state index in [0.29, 0.717) is 23.7 Å². The molecule has 0 unspecified atom stereocenters. The molecule has 0 bridgehead atoms. The molecule has 29 heavy (non-hydrogen) atoms. The number of hydrogen-bond donors (Lipinski definition) is 2. The zero-order chi connectivity index (χ0) is 20.2. The van der Waals surface area contributed by atoms with Gasteiger partial charge in [-0.1, -0.05) is 54.6 Å². The van der Waals surface area contributed by atoms with Crippen LogP contribution in [0.25, 0.3) is 10.8 Å². The van der Waals surface area contributed by atoms with Crippen LogP contribution in [-0.4, -0.2) is 15.9 Å². The first-order chi connectivity index (χ1) is 14.1. The Morgan fingerprint density at radius 3 is 2.38 bits per heavy atom. The number of carbonyl (C=O) groups is 1. The number of amides is 1. The monoisotopic (exact) mass is 382 g/mol. The predicted octanol–water partition coefficient (Wildman–Crippen LogP) is 4.92. The third-order valence-electron chi connectivity index (χ3n) is 4.72. The summed E-state index contributed by atoms with van der Waals surface area (Å²) in [6.07, 6.45) is 0. The van der Waals surface area contributed by atoms with Gasteiger partial charge >= 0.3 is 0 Å². The lowest BCUT2D eigenvalue weighted by Crippen LogP contribution is -2.23. The number of benzene rings is 3. The molecule has 1 aromatic heterocycles. The Kier molecular flexibility index (Phi) is 5.20. The largest absolute Gasteiger partial charge is 0.348 e. The number of para-hydroxylation sites is 1. The van der Waals surface area contributed by atoms with Gasteiger partial charge in [-0.15, -0.1) is 0 Å². The molecule has 0 atom stereocenters. The van der Waals surface area contributed by atoms with Crippen LogP contribution in [0.15, 0.2) is 72.8 Å². The lowest BCUT2D eigenvalue weighted by molar-refractivity contribution is 0.0952. The first-order valence-electron chi connectivity index (χ1n) is 9.53. The Bertz CT molecular complexity index is 1160. The number of rotatable bonds is 5. The van der Waals surface area contributed by atoms with E-state index in [0.717, 1.165) is 27.7 Å². The van der Waals surface area contributed by atoms with E-state index in [1.807, 2.05) is 62.4 Å². The number of nitrogens with one attached hydrogen (secondary N) is 2. The maximum atomic E-state index is 12.9. The first kappa shape index (κ1) is 18.6. The molecule has 1 heterocycles. The highest BCUT2D eigenvalue weighted by atomic mass is 16.1. The summed E-state index contributed by atoms with van der Waals surface area (Å²) in [7, 11) is 0. The van der Waals surface area contributed by atoms with Gasteiger partial charge in [0.2, 0.25) is 5.95 Å². The zero-order valence-corrected chi connectivity index (χ0v) is 16.4. The summed E-state index contributed by atoms with van der Waals surface area (Å²) in [4.78, 5) is 21.7. The maximum absolute atomic E-state index is 12.9. The third kappa shape index (κ3) is 4.24. The van der Waals surface area contributed by atoms with E-state index < -0.39 is 0 Å². The molecule has 0 saturated heterocycles. The van der Waals surface area contributed by atoms with Gasteiger partial charge in [0.05, 0.1) is 11.3 Å². The molecular formula is C24H22N4O. The van der Waals surface area contributed by atoms with Crippen LogP contribution in [0.3, 0.4) is 0 Å². The molecule has 3 aromatic carbocycles. The lowest BCUT2D eigenvalue weighted by atomic mass is 10.0. The van der Waals surface area contributed by atoms with Crippen molar-refractivity contribution in [1.82, 2.24) is 15.3 Å². The first-order valence-corrected chi connectivity index (χ1v) is 9.53. The Morgan fingerprint density at radius 2 is 1.55 bits per heavy atom. The predicted molar refractivity (Wildman–Crippen MR) is 116 cm³/mol. The molecule has 0 radical (unpaired) electrons. The van der Waals surface area contributed by atoms with Crippen LogP contribution < -0.4 is 10.6 Å². The summed E-state index contributed by atoms with van der Waals surface area (Å²) >= 11 is 0. The second kappa shape index (κ2) is 8.10. The minimum Gasteiger partial charge on any atom is -0.348 e. The molecule has 0 aliphatic carbocycles. The summed E-state index contributed by atoms with van der Waals surface area (Å²) < 4.78 is 0. The molecular weight excluding hydrogens is 360 g/mol. The van der Waals surface area contributed by atoms with Crippen molar-refractivity contribution >= 4 is 28.3 Å². The van der Waals surface area contributed by atoms with Crippen molar-refractivity contribution in [2.75, 3.05) is 5.32 Å². The van der Waals surface area contributed by atoms with Gasteiger partial charge in [-0.25, -0.2) is 9.97 Å². The summed E-state index contributed by atoms with van der Waals surface area (Å²) in [5.74, 6) is 0.335. The number of carbonyl (C=O) groups excluding carboxylic acids is 1. The van der Waals surface area contributed by atoms with Gasteiger partial charge in [0, 0.05) is 17.9 Å². The van der Waals surface area contributed by atoms with Crippen LogP contribution in [0.1, 0.15) is 27.3 Å². The SMILES string of the molecule is Cc1cc(C)nc(Nc2ccccc2C(=O)NCc2cccc3ccccc23)n1. The van der Waals surface area contributed by atoms with Gasteiger partial charge in [-0.3, -0.25) is 4.79 Å². The van der Waals surface area contributed by atoms with E-state index in [9.17, 15) is 4.79 Å². The Morgan fingerprint density at radius 1 is 0.862 bits per heavy atom. The lowest BCUT2D eigenvalue weighted by Gasteiger charge is -2.13. The molecule has 2 N–H and O–H groups in total. The van der Waals surface area contributed by atoms with E-state index in [1.165, 1.54) is 0 Å². The fraction of sp³-hybridized carbons (Fsp3) is 0.125. The van der Waals surface area contributed by atoms with E-state index >= 15 is 0 Å². The highest BCUT2D eigenvalue weighted by Crippen LogP contribution is 2.21. The summed E-state index contributed by atoms with van der Waals surface area (Å²) in [5.41, 5.74) is 4.05.